The maximum atomic E-state index is 11.8. The molecule has 98 valence electrons. The number of nitrogens with zero attached hydrogens (tertiary/aromatic N) is 2. The number of hydrogen-bond acceptors (Lipinski definition) is 4. The Morgan fingerprint density at radius 3 is 2.22 bits per heavy atom. The first kappa shape index (κ1) is 12.8. The molecule has 7 heteroatoms. The Labute approximate surface area is 106 Å². The third-order valence-electron chi connectivity index (χ3n) is 2.77. The van der Waals surface area contributed by atoms with E-state index in [4.69, 9.17) is 4.84 Å². The van der Waals surface area contributed by atoms with Crippen LogP contribution < -0.4 is 4.90 Å². The molecule has 6 nitrogen and oxygen atoms in total. The van der Waals surface area contributed by atoms with E-state index in [9.17, 15) is 13.2 Å². The van der Waals surface area contributed by atoms with Gasteiger partial charge in [0, 0.05) is 18.5 Å². The van der Waals surface area contributed by atoms with Crippen LogP contribution in [0, 0.1) is 0 Å². The van der Waals surface area contributed by atoms with E-state index < -0.39 is 9.84 Å². The summed E-state index contributed by atoms with van der Waals surface area (Å²) in [5.41, 5.74) is 0.659. The summed E-state index contributed by atoms with van der Waals surface area (Å²) in [7, 11) is -1.77. The minimum atomic E-state index is -3.21. The van der Waals surface area contributed by atoms with Crippen molar-refractivity contribution in [3.05, 3.63) is 24.3 Å². The summed E-state index contributed by atoms with van der Waals surface area (Å²) in [4.78, 5) is 18.5. The Kier molecular flexibility index (Phi) is 3.27. The van der Waals surface area contributed by atoms with E-state index >= 15 is 0 Å². The van der Waals surface area contributed by atoms with Crippen LogP contribution in [0.5, 0.6) is 0 Å². The fourth-order valence-electron chi connectivity index (χ4n) is 1.80. The number of hydrogen-bond donors (Lipinski definition) is 0. The Morgan fingerprint density at radius 1 is 1.17 bits per heavy atom. The number of urea groups is 1. The van der Waals surface area contributed by atoms with Crippen molar-refractivity contribution in [2.45, 2.75) is 4.90 Å². The molecule has 0 saturated carbocycles. The van der Waals surface area contributed by atoms with Gasteiger partial charge in [0.15, 0.2) is 9.84 Å². The summed E-state index contributed by atoms with van der Waals surface area (Å²) >= 11 is 0. The maximum absolute atomic E-state index is 11.8. The summed E-state index contributed by atoms with van der Waals surface area (Å²) in [6.07, 6.45) is 1.15. The first-order valence-electron chi connectivity index (χ1n) is 5.37. The number of rotatable bonds is 3. The van der Waals surface area contributed by atoms with Gasteiger partial charge in [-0.1, -0.05) is 0 Å². The molecule has 1 aliphatic heterocycles. The van der Waals surface area contributed by atoms with Crippen LogP contribution >= 0.6 is 0 Å². The fraction of sp³-hybridized carbons (Fsp3) is 0.364. The highest BCUT2D eigenvalue weighted by atomic mass is 32.2. The second kappa shape index (κ2) is 4.58. The van der Waals surface area contributed by atoms with Crippen molar-refractivity contribution in [1.82, 2.24) is 5.06 Å². The van der Waals surface area contributed by atoms with Gasteiger partial charge >= 0.3 is 6.03 Å². The highest BCUT2D eigenvalue weighted by Crippen LogP contribution is 2.22. The normalized spacial score (nSPS) is 16.4. The van der Waals surface area contributed by atoms with Crippen LogP contribution in [-0.2, 0) is 14.7 Å². The fourth-order valence-corrected chi connectivity index (χ4v) is 2.43. The Balaban J connectivity index is 2.24. The summed E-state index contributed by atoms with van der Waals surface area (Å²) in [5, 5.41) is 1.25. The van der Waals surface area contributed by atoms with Gasteiger partial charge in [-0.2, -0.15) is 0 Å². The van der Waals surface area contributed by atoms with Gasteiger partial charge in [0.25, 0.3) is 0 Å². The van der Waals surface area contributed by atoms with Crippen molar-refractivity contribution < 1.29 is 18.0 Å². The van der Waals surface area contributed by atoms with Crippen molar-refractivity contribution in [1.29, 1.82) is 0 Å². The lowest BCUT2D eigenvalue weighted by atomic mass is 10.3. The van der Waals surface area contributed by atoms with E-state index in [0.717, 1.165) is 6.26 Å². The average molecular weight is 270 g/mol. The smallest absolute Gasteiger partial charge is 0.291 e. The van der Waals surface area contributed by atoms with Crippen molar-refractivity contribution in [2.24, 2.45) is 0 Å². The third-order valence-corrected chi connectivity index (χ3v) is 3.90. The molecule has 1 aromatic carbocycles. The van der Waals surface area contributed by atoms with E-state index in [1.54, 1.807) is 12.1 Å². The average Bonchev–Trinajstić information content (AvgIpc) is 2.69. The molecule has 0 aliphatic carbocycles. The molecule has 0 bridgehead atoms. The monoisotopic (exact) mass is 270 g/mol. The summed E-state index contributed by atoms with van der Waals surface area (Å²) in [5.74, 6) is 0. The van der Waals surface area contributed by atoms with Gasteiger partial charge in [0.2, 0.25) is 0 Å². The molecule has 0 unspecified atom stereocenters. The van der Waals surface area contributed by atoms with Gasteiger partial charge in [-0.3, -0.25) is 9.74 Å². The first-order chi connectivity index (χ1) is 8.43. The van der Waals surface area contributed by atoms with Crippen LogP contribution in [0.1, 0.15) is 0 Å². The lowest BCUT2D eigenvalue weighted by Crippen LogP contribution is -2.30. The first-order valence-corrected chi connectivity index (χ1v) is 7.26. The highest BCUT2D eigenvalue weighted by molar-refractivity contribution is 7.90. The third kappa shape index (κ3) is 2.32. The molecular weight excluding hydrogens is 256 g/mol. The SMILES string of the molecule is CON1CCN(c2ccc(S(C)(=O)=O)cc2)C1=O. The number of carbonyl (C=O) groups is 1. The van der Waals surface area contributed by atoms with Crippen molar-refractivity contribution in [2.75, 3.05) is 31.4 Å². The van der Waals surface area contributed by atoms with Gasteiger partial charge < -0.3 is 0 Å². The number of benzene rings is 1. The molecule has 1 fully saturated rings. The maximum Gasteiger partial charge on any atom is 0.348 e. The molecular formula is C11H14N2O4S. The van der Waals surface area contributed by atoms with Gasteiger partial charge in [-0.15, -0.1) is 0 Å². The lowest BCUT2D eigenvalue weighted by molar-refractivity contribution is -0.0698. The van der Waals surface area contributed by atoms with Crippen molar-refractivity contribution in [3.63, 3.8) is 0 Å². The van der Waals surface area contributed by atoms with Crippen LogP contribution in [0.25, 0.3) is 0 Å². The van der Waals surface area contributed by atoms with Gasteiger partial charge in [0.1, 0.15) is 0 Å². The molecule has 18 heavy (non-hydrogen) atoms. The molecule has 2 amide bonds. The molecule has 0 aromatic heterocycles. The summed E-state index contributed by atoms with van der Waals surface area (Å²) < 4.78 is 22.6. The molecule has 0 atom stereocenters. The van der Waals surface area contributed by atoms with E-state index in [2.05, 4.69) is 0 Å². The molecule has 0 radical (unpaired) electrons. The van der Waals surface area contributed by atoms with Crippen LogP contribution in [0.4, 0.5) is 10.5 Å². The van der Waals surface area contributed by atoms with Gasteiger partial charge in [0.05, 0.1) is 18.6 Å². The van der Waals surface area contributed by atoms with Crippen molar-refractivity contribution >= 4 is 21.6 Å². The number of hydroxylamine groups is 2. The molecule has 1 aliphatic rings. The Bertz CT molecular complexity index is 553. The quantitative estimate of drug-likeness (QED) is 0.818. The Morgan fingerprint density at radius 2 is 1.78 bits per heavy atom. The van der Waals surface area contributed by atoms with Crippen LogP contribution in [0.15, 0.2) is 29.2 Å². The van der Waals surface area contributed by atoms with Crippen LogP contribution in [0.3, 0.4) is 0 Å². The zero-order chi connectivity index (χ0) is 13.3. The minimum absolute atomic E-state index is 0.237. The molecule has 0 spiro atoms. The number of amides is 2. The second-order valence-corrected chi connectivity index (χ2v) is 6.00. The predicted molar refractivity (Wildman–Crippen MR) is 66.0 cm³/mol. The predicted octanol–water partition coefficient (Wildman–Crippen LogP) is 0.893. The topological polar surface area (TPSA) is 66.9 Å². The largest absolute Gasteiger partial charge is 0.348 e. The van der Waals surface area contributed by atoms with Gasteiger partial charge in [-0.25, -0.2) is 18.3 Å². The second-order valence-electron chi connectivity index (χ2n) is 3.98. The molecule has 1 heterocycles. The summed E-state index contributed by atoms with van der Waals surface area (Å²) in [6.45, 7) is 1.01. The summed E-state index contributed by atoms with van der Waals surface area (Å²) in [6, 6.07) is 5.98. The number of anilines is 1. The zero-order valence-corrected chi connectivity index (χ0v) is 11.0. The minimum Gasteiger partial charge on any atom is -0.291 e. The standard InChI is InChI=1S/C11H14N2O4S/c1-17-13-8-7-12(11(13)14)9-3-5-10(6-4-9)18(2,15)16/h3-6H,7-8H2,1-2H3. The molecule has 1 saturated heterocycles. The molecule has 1 aromatic rings. The van der Waals surface area contributed by atoms with Crippen molar-refractivity contribution in [3.8, 4) is 0 Å². The van der Waals surface area contributed by atoms with Gasteiger partial charge in [-0.05, 0) is 24.3 Å². The number of carbonyl (C=O) groups excluding carboxylic acids is 1. The lowest BCUT2D eigenvalue weighted by Gasteiger charge is -2.16. The molecule has 2 rings (SSSR count). The Hall–Kier alpha value is -1.60. The van der Waals surface area contributed by atoms with E-state index in [-0.39, 0.29) is 10.9 Å². The van der Waals surface area contributed by atoms with Crippen LogP contribution in [-0.4, -0.2) is 46.0 Å². The van der Waals surface area contributed by atoms with E-state index in [1.165, 1.54) is 29.2 Å². The highest BCUT2D eigenvalue weighted by Gasteiger charge is 2.29. The van der Waals surface area contributed by atoms with Crippen LogP contribution in [0.2, 0.25) is 0 Å². The van der Waals surface area contributed by atoms with E-state index in [0.29, 0.717) is 18.8 Å². The molecule has 0 N–H and O–H groups in total. The number of sulfone groups is 1. The zero-order valence-electron chi connectivity index (χ0n) is 10.2. The van der Waals surface area contributed by atoms with E-state index in [1.807, 2.05) is 0 Å².